The highest BCUT2D eigenvalue weighted by Crippen LogP contribution is 2.35. The molecule has 3 heteroatoms. The lowest BCUT2D eigenvalue weighted by Gasteiger charge is -2.17. The van der Waals surface area contributed by atoms with E-state index in [1.165, 1.54) is 0 Å². The minimum absolute atomic E-state index is 0.0630. The van der Waals surface area contributed by atoms with E-state index in [1.807, 2.05) is 30.3 Å². The lowest BCUT2D eigenvalue weighted by molar-refractivity contribution is -0.146. The summed E-state index contributed by atoms with van der Waals surface area (Å²) in [5.41, 5.74) is 1.14. The second kappa shape index (κ2) is 4.66. The SMILES string of the molecule is CC(C(=O)O)C1CCC(c2ccccc2)O1. The second-order valence-corrected chi connectivity index (χ2v) is 4.28. The molecule has 1 N–H and O–H groups in total. The van der Waals surface area contributed by atoms with Crippen LogP contribution in [-0.2, 0) is 9.53 Å². The van der Waals surface area contributed by atoms with Gasteiger partial charge >= 0.3 is 5.97 Å². The molecule has 1 aliphatic heterocycles. The zero-order valence-electron chi connectivity index (χ0n) is 9.30. The molecule has 86 valence electrons. The summed E-state index contributed by atoms with van der Waals surface area (Å²) in [4.78, 5) is 10.8. The zero-order valence-corrected chi connectivity index (χ0v) is 9.30. The molecule has 3 unspecified atom stereocenters. The summed E-state index contributed by atoms with van der Waals surface area (Å²) < 4.78 is 5.79. The normalized spacial score (nSPS) is 26.6. The minimum atomic E-state index is -0.779. The summed E-state index contributed by atoms with van der Waals surface area (Å²) >= 11 is 0. The van der Waals surface area contributed by atoms with E-state index >= 15 is 0 Å². The van der Waals surface area contributed by atoms with Crippen LogP contribution in [0.15, 0.2) is 30.3 Å². The van der Waals surface area contributed by atoms with E-state index in [0.29, 0.717) is 0 Å². The Morgan fingerprint density at radius 1 is 1.38 bits per heavy atom. The third-order valence-corrected chi connectivity index (χ3v) is 3.17. The molecule has 0 radical (unpaired) electrons. The van der Waals surface area contributed by atoms with E-state index in [1.54, 1.807) is 6.92 Å². The van der Waals surface area contributed by atoms with Gasteiger partial charge in [-0.3, -0.25) is 4.79 Å². The van der Waals surface area contributed by atoms with Gasteiger partial charge in [0.05, 0.1) is 18.1 Å². The van der Waals surface area contributed by atoms with Gasteiger partial charge in [0.1, 0.15) is 0 Å². The van der Waals surface area contributed by atoms with Crippen molar-refractivity contribution in [3.05, 3.63) is 35.9 Å². The van der Waals surface area contributed by atoms with Crippen molar-refractivity contribution < 1.29 is 14.6 Å². The maximum atomic E-state index is 10.8. The molecule has 1 aromatic rings. The molecule has 1 heterocycles. The van der Waals surface area contributed by atoms with Gasteiger partial charge in [-0.15, -0.1) is 0 Å². The summed E-state index contributed by atoms with van der Waals surface area (Å²) in [5.74, 6) is -1.20. The van der Waals surface area contributed by atoms with E-state index in [4.69, 9.17) is 9.84 Å². The molecule has 3 atom stereocenters. The van der Waals surface area contributed by atoms with Crippen molar-refractivity contribution in [2.75, 3.05) is 0 Å². The lowest BCUT2D eigenvalue weighted by Crippen LogP contribution is -2.24. The Balaban J connectivity index is 2.01. The Hall–Kier alpha value is -1.35. The maximum absolute atomic E-state index is 10.8. The number of carboxylic acids is 1. The van der Waals surface area contributed by atoms with Gasteiger partial charge in [-0.1, -0.05) is 30.3 Å². The van der Waals surface area contributed by atoms with Gasteiger partial charge in [0, 0.05) is 0 Å². The fraction of sp³-hybridized carbons (Fsp3) is 0.462. The monoisotopic (exact) mass is 220 g/mol. The summed E-state index contributed by atoms with van der Waals surface area (Å²) in [6.07, 6.45) is 1.65. The zero-order chi connectivity index (χ0) is 11.5. The number of carbonyl (C=O) groups is 1. The molecule has 0 amide bonds. The predicted octanol–water partition coefficient (Wildman–Crippen LogP) is 2.63. The van der Waals surface area contributed by atoms with Crippen molar-refractivity contribution in [1.82, 2.24) is 0 Å². The van der Waals surface area contributed by atoms with Crippen LogP contribution >= 0.6 is 0 Å². The fourth-order valence-corrected chi connectivity index (χ4v) is 2.10. The molecule has 0 aromatic heterocycles. The molecule has 0 bridgehead atoms. The summed E-state index contributed by atoms with van der Waals surface area (Å²) in [6, 6.07) is 9.98. The molecule has 1 aromatic carbocycles. The van der Waals surface area contributed by atoms with Crippen molar-refractivity contribution in [2.24, 2.45) is 5.92 Å². The molecule has 2 rings (SSSR count). The molecule has 16 heavy (non-hydrogen) atoms. The topological polar surface area (TPSA) is 46.5 Å². The van der Waals surface area contributed by atoms with Gasteiger partial charge in [0.15, 0.2) is 0 Å². The molecule has 1 saturated heterocycles. The quantitative estimate of drug-likeness (QED) is 0.851. The van der Waals surface area contributed by atoms with Crippen LogP contribution in [0.2, 0.25) is 0 Å². The highest BCUT2D eigenvalue weighted by Gasteiger charge is 2.33. The highest BCUT2D eigenvalue weighted by atomic mass is 16.5. The maximum Gasteiger partial charge on any atom is 0.308 e. The van der Waals surface area contributed by atoms with Crippen LogP contribution in [0.5, 0.6) is 0 Å². The van der Waals surface area contributed by atoms with E-state index in [0.717, 1.165) is 18.4 Å². The number of hydrogen-bond donors (Lipinski definition) is 1. The highest BCUT2D eigenvalue weighted by molar-refractivity contribution is 5.70. The predicted molar refractivity (Wildman–Crippen MR) is 60.1 cm³/mol. The molecule has 0 spiro atoms. The number of ether oxygens (including phenoxy) is 1. The smallest absolute Gasteiger partial charge is 0.308 e. The summed E-state index contributed by atoms with van der Waals surface area (Å²) in [7, 11) is 0. The minimum Gasteiger partial charge on any atom is -0.481 e. The average molecular weight is 220 g/mol. The van der Waals surface area contributed by atoms with Crippen LogP contribution in [0.3, 0.4) is 0 Å². The molecule has 1 fully saturated rings. The number of benzene rings is 1. The van der Waals surface area contributed by atoms with Crippen molar-refractivity contribution in [1.29, 1.82) is 0 Å². The van der Waals surface area contributed by atoms with Gasteiger partial charge in [-0.25, -0.2) is 0 Å². The van der Waals surface area contributed by atoms with Crippen molar-refractivity contribution >= 4 is 5.97 Å². The van der Waals surface area contributed by atoms with Crippen LogP contribution in [0.1, 0.15) is 31.4 Å². The number of aliphatic carboxylic acids is 1. The fourth-order valence-electron chi connectivity index (χ4n) is 2.10. The number of hydrogen-bond acceptors (Lipinski definition) is 2. The Morgan fingerprint density at radius 3 is 2.69 bits per heavy atom. The molecule has 0 saturated carbocycles. The molecular weight excluding hydrogens is 204 g/mol. The molecule has 0 aliphatic carbocycles. The Kier molecular flexibility index (Phi) is 3.25. The third-order valence-electron chi connectivity index (χ3n) is 3.17. The summed E-state index contributed by atoms with van der Waals surface area (Å²) in [5, 5.41) is 8.92. The second-order valence-electron chi connectivity index (χ2n) is 4.28. The number of rotatable bonds is 3. The van der Waals surface area contributed by atoms with Crippen LogP contribution in [0.4, 0.5) is 0 Å². The standard InChI is InChI=1S/C13H16O3/c1-9(13(14)15)11-7-8-12(16-11)10-5-3-2-4-6-10/h2-6,9,11-12H,7-8H2,1H3,(H,14,15). The van der Waals surface area contributed by atoms with E-state index in [-0.39, 0.29) is 12.2 Å². The lowest BCUT2D eigenvalue weighted by atomic mass is 10.0. The largest absolute Gasteiger partial charge is 0.481 e. The Morgan fingerprint density at radius 2 is 2.06 bits per heavy atom. The van der Waals surface area contributed by atoms with Crippen LogP contribution in [-0.4, -0.2) is 17.2 Å². The van der Waals surface area contributed by atoms with Gasteiger partial charge in [0.2, 0.25) is 0 Å². The average Bonchev–Trinajstić information content (AvgIpc) is 2.78. The molecule has 1 aliphatic rings. The van der Waals surface area contributed by atoms with Crippen LogP contribution in [0.25, 0.3) is 0 Å². The van der Waals surface area contributed by atoms with Crippen molar-refractivity contribution in [2.45, 2.75) is 32.0 Å². The first-order valence-electron chi connectivity index (χ1n) is 5.61. The van der Waals surface area contributed by atoms with Gasteiger partial charge in [-0.2, -0.15) is 0 Å². The van der Waals surface area contributed by atoms with E-state index < -0.39 is 11.9 Å². The first-order valence-corrected chi connectivity index (χ1v) is 5.61. The Labute approximate surface area is 95.0 Å². The first-order chi connectivity index (χ1) is 7.68. The van der Waals surface area contributed by atoms with Crippen molar-refractivity contribution in [3.63, 3.8) is 0 Å². The van der Waals surface area contributed by atoms with Crippen LogP contribution < -0.4 is 0 Å². The van der Waals surface area contributed by atoms with Crippen LogP contribution in [0, 0.1) is 5.92 Å². The van der Waals surface area contributed by atoms with E-state index in [2.05, 4.69) is 0 Å². The third kappa shape index (κ3) is 2.25. The van der Waals surface area contributed by atoms with E-state index in [9.17, 15) is 4.79 Å². The van der Waals surface area contributed by atoms with Crippen molar-refractivity contribution in [3.8, 4) is 0 Å². The molecule has 3 nitrogen and oxygen atoms in total. The summed E-state index contributed by atoms with van der Waals surface area (Å²) in [6.45, 7) is 1.71. The molecular formula is C13H16O3. The van der Waals surface area contributed by atoms with Gasteiger partial charge in [-0.05, 0) is 25.3 Å². The van der Waals surface area contributed by atoms with Gasteiger partial charge < -0.3 is 9.84 Å². The van der Waals surface area contributed by atoms with Gasteiger partial charge in [0.25, 0.3) is 0 Å². The Bertz CT molecular complexity index is 361. The number of carboxylic acid groups (broad SMARTS) is 1. The first kappa shape index (κ1) is 11.1.